The SMILES string of the molecule is COC(=O)CCCCCCCCCCCC(C)CC(=O)OC. The minimum Gasteiger partial charge on any atom is -0.469 e. The summed E-state index contributed by atoms with van der Waals surface area (Å²) >= 11 is 0. The van der Waals surface area contributed by atoms with E-state index in [1.54, 1.807) is 0 Å². The Morgan fingerprint density at radius 3 is 1.68 bits per heavy atom. The van der Waals surface area contributed by atoms with E-state index in [4.69, 9.17) is 0 Å². The van der Waals surface area contributed by atoms with Crippen molar-refractivity contribution in [3.8, 4) is 0 Å². The van der Waals surface area contributed by atoms with E-state index in [0.29, 0.717) is 18.8 Å². The molecule has 0 bridgehead atoms. The van der Waals surface area contributed by atoms with Gasteiger partial charge in [0.05, 0.1) is 14.2 Å². The topological polar surface area (TPSA) is 52.6 Å². The molecule has 0 aromatic rings. The van der Waals surface area contributed by atoms with Gasteiger partial charge in [-0.1, -0.05) is 64.7 Å². The van der Waals surface area contributed by atoms with Gasteiger partial charge < -0.3 is 9.47 Å². The van der Waals surface area contributed by atoms with Gasteiger partial charge in [-0.05, 0) is 12.3 Å². The van der Waals surface area contributed by atoms with Crippen molar-refractivity contribution in [3.05, 3.63) is 0 Å². The highest BCUT2D eigenvalue weighted by atomic mass is 16.5. The summed E-state index contributed by atoms with van der Waals surface area (Å²) in [6, 6.07) is 0. The minimum atomic E-state index is -0.0975. The van der Waals surface area contributed by atoms with E-state index >= 15 is 0 Å². The molecule has 0 fully saturated rings. The van der Waals surface area contributed by atoms with E-state index in [1.165, 1.54) is 59.2 Å². The van der Waals surface area contributed by atoms with Crippen molar-refractivity contribution in [2.75, 3.05) is 14.2 Å². The molecule has 0 rings (SSSR count). The number of carbonyl (C=O) groups is 2. The van der Waals surface area contributed by atoms with Gasteiger partial charge in [0.1, 0.15) is 0 Å². The van der Waals surface area contributed by atoms with Crippen molar-refractivity contribution >= 4 is 11.9 Å². The van der Waals surface area contributed by atoms with Crippen LogP contribution in [-0.2, 0) is 19.1 Å². The average Bonchev–Trinajstić information content (AvgIpc) is 2.51. The molecular weight excluding hydrogens is 280 g/mol. The standard InChI is InChI=1S/C18H34O4/c1-16(15-18(20)22-3)13-11-9-7-5-4-6-8-10-12-14-17(19)21-2/h16H,4-15H2,1-3H3. The molecule has 0 amide bonds. The second-order valence-corrected chi connectivity index (χ2v) is 6.18. The van der Waals surface area contributed by atoms with Crippen LogP contribution in [0.2, 0.25) is 0 Å². The fourth-order valence-corrected chi connectivity index (χ4v) is 2.57. The summed E-state index contributed by atoms with van der Waals surface area (Å²) in [6.07, 6.45) is 13.1. The maximum Gasteiger partial charge on any atom is 0.305 e. The molecule has 1 atom stereocenters. The first-order valence-corrected chi connectivity index (χ1v) is 8.73. The van der Waals surface area contributed by atoms with Crippen molar-refractivity contribution in [2.45, 2.75) is 84.0 Å². The lowest BCUT2D eigenvalue weighted by molar-refractivity contribution is -0.142. The lowest BCUT2D eigenvalue weighted by Gasteiger charge is -2.09. The van der Waals surface area contributed by atoms with Crippen LogP contribution < -0.4 is 0 Å². The van der Waals surface area contributed by atoms with Gasteiger partial charge in [0.25, 0.3) is 0 Å². The summed E-state index contributed by atoms with van der Waals surface area (Å²) in [4.78, 5) is 22.0. The first-order chi connectivity index (χ1) is 10.6. The molecule has 22 heavy (non-hydrogen) atoms. The van der Waals surface area contributed by atoms with Crippen molar-refractivity contribution in [2.24, 2.45) is 5.92 Å². The Kier molecular flexibility index (Phi) is 14.1. The van der Waals surface area contributed by atoms with Crippen LogP contribution in [0.25, 0.3) is 0 Å². The third kappa shape index (κ3) is 13.9. The van der Waals surface area contributed by atoms with Crippen LogP contribution in [0.4, 0.5) is 0 Å². The summed E-state index contributed by atoms with van der Waals surface area (Å²) in [7, 11) is 2.89. The predicted octanol–water partition coefficient (Wildman–Crippen LogP) is 4.65. The molecule has 130 valence electrons. The first-order valence-electron chi connectivity index (χ1n) is 8.73. The summed E-state index contributed by atoms with van der Waals surface area (Å²) in [5.41, 5.74) is 0. The van der Waals surface area contributed by atoms with E-state index < -0.39 is 0 Å². The second-order valence-electron chi connectivity index (χ2n) is 6.18. The normalized spacial score (nSPS) is 12.0. The maximum atomic E-state index is 11.1. The van der Waals surface area contributed by atoms with Crippen molar-refractivity contribution in [3.63, 3.8) is 0 Å². The largest absolute Gasteiger partial charge is 0.469 e. The third-order valence-electron chi connectivity index (χ3n) is 4.05. The molecule has 0 aliphatic heterocycles. The molecule has 0 radical (unpaired) electrons. The number of carbonyl (C=O) groups excluding carboxylic acids is 2. The predicted molar refractivity (Wildman–Crippen MR) is 88.6 cm³/mol. The molecule has 0 saturated carbocycles. The van der Waals surface area contributed by atoms with Crippen LogP contribution >= 0.6 is 0 Å². The molecule has 4 nitrogen and oxygen atoms in total. The monoisotopic (exact) mass is 314 g/mol. The highest BCUT2D eigenvalue weighted by Gasteiger charge is 2.08. The van der Waals surface area contributed by atoms with Gasteiger partial charge in [-0.2, -0.15) is 0 Å². The van der Waals surface area contributed by atoms with Crippen molar-refractivity contribution < 1.29 is 19.1 Å². The molecular formula is C18H34O4. The molecule has 0 aliphatic carbocycles. The van der Waals surface area contributed by atoms with Crippen LogP contribution in [0.5, 0.6) is 0 Å². The quantitative estimate of drug-likeness (QED) is 0.346. The molecule has 0 spiro atoms. The zero-order valence-corrected chi connectivity index (χ0v) is 14.7. The number of esters is 2. The molecule has 0 aliphatic rings. The zero-order chi connectivity index (χ0) is 16.6. The summed E-state index contributed by atoms with van der Waals surface area (Å²) < 4.78 is 9.29. The van der Waals surface area contributed by atoms with E-state index in [0.717, 1.165) is 19.3 Å². The highest BCUT2D eigenvalue weighted by molar-refractivity contribution is 5.69. The van der Waals surface area contributed by atoms with Crippen molar-refractivity contribution in [1.82, 2.24) is 0 Å². The van der Waals surface area contributed by atoms with Crippen LogP contribution in [0.3, 0.4) is 0 Å². The number of hydrogen-bond donors (Lipinski definition) is 0. The molecule has 1 unspecified atom stereocenters. The van der Waals surface area contributed by atoms with Crippen LogP contribution in [0, 0.1) is 5.92 Å². The van der Waals surface area contributed by atoms with Gasteiger partial charge in [-0.15, -0.1) is 0 Å². The fraction of sp³-hybridized carbons (Fsp3) is 0.889. The zero-order valence-electron chi connectivity index (χ0n) is 14.7. The first kappa shape index (κ1) is 20.9. The Morgan fingerprint density at radius 1 is 0.727 bits per heavy atom. The van der Waals surface area contributed by atoms with Gasteiger partial charge >= 0.3 is 11.9 Å². The van der Waals surface area contributed by atoms with Gasteiger partial charge in [-0.25, -0.2) is 0 Å². The lowest BCUT2D eigenvalue weighted by atomic mass is 9.99. The lowest BCUT2D eigenvalue weighted by Crippen LogP contribution is -2.06. The fourth-order valence-electron chi connectivity index (χ4n) is 2.57. The van der Waals surface area contributed by atoms with Crippen LogP contribution in [0.15, 0.2) is 0 Å². The summed E-state index contributed by atoms with van der Waals surface area (Å²) in [5, 5.41) is 0. The van der Waals surface area contributed by atoms with Crippen molar-refractivity contribution in [1.29, 1.82) is 0 Å². The molecule has 0 N–H and O–H groups in total. The highest BCUT2D eigenvalue weighted by Crippen LogP contribution is 2.16. The maximum absolute atomic E-state index is 11.1. The van der Waals surface area contributed by atoms with Gasteiger partial charge in [0.15, 0.2) is 0 Å². The number of hydrogen-bond acceptors (Lipinski definition) is 4. The molecule has 0 saturated heterocycles. The second kappa shape index (κ2) is 14.9. The number of methoxy groups -OCH3 is 2. The molecule has 0 aromatic carbocycles. The van der Waals surface area contributed by atoms with Gasteiger partial charge in [0.2, 0.25) is 0 Å². The number of unbranched alkanes of at least 4 members (excludes halogenated alkanes) is 8. The number of ether oxygens (including phenoxy) is 2. The Labute approximate surface area is 135 Å². The van der Waals surface area contributed by atoms with E-state index in [1.807, 2.05) is 0 Å². The molecule has 0 heterocycles. The van der Waals surface area contributed by atoms with E-state index in [9.17, 15) is 9.59 Å². The minimum absolute atomic E-state index is 0.0959. The summed E-state index contributed by atoms with van der Waals surface area (Å²) in [6.45, 7) is 2.12. The van der Waals surface area contributed by atoms with E-state index in [2.05, 4.69) is 16.4 Å². The summed E-state index contributed by atoms with van der Waals surface area (Å²) in [5.74, 6) is 0.239. The average molecular weight is 314 g/mol. The molecule has 0 aromatic heterocycles. The number of rotatable bonds is 14. The van der Waals surface area contributed by atoms with E-state index in [-0.39, 0.29) is 11.9 Å². The van der Waals surface area contributed by atoms with Crippen LogP contribution in [0.1, 0.15) is 84.0 Å². The third-order valence-corrected chi connectivity index (χ3v) is 4.05. The Hall–Kier alpha value is -1.06. The Bertz CT molecular complexity index is 289. The smallest absolute Gasteiger partial charge is 0.305 e. The van der Waals surface area contributed by atoms with Gasteiger partial charge in [0, 0.05) is 12.8 Å². The van der Waals surface area contributed by atoms with Gasteiger partial charge in [-0.3, -0.25) is 9.59 Å². The Balaban J connectivity index is 3.20. The van der Waals surface area contributed by atoms with Crippen LogP contribution in [-0.4, -0.2) is 26.2 Å². The molecule has 4 heteroatoms. The Morgan fingerprint density at radius 2 is 1.18 bits per heavy atom.